The summed E-state index contributed by atoms with van der Waals surface area (Å²) in [6, 6.07) is 9.93. The molecule has 13 heavy (non-hydrogen) atoms. The van der Waals surface area contributed by atoms with Crippen LogP contribution in [0.5, 0.6) is 0 Å². The quantitative estimate of drug-likeness (QED) is 0.707. The molecule has 0 radical (unpaired) electrons. The van der Waals surface area contributed by atoms with Crippen molar-refractivity contribution in [2.24, 2.45) is 0 Å². The molecule has 0 aliphatic heterocycles. The van der Waals surface area contributed by atoms with E-state index in [1.807, 2.05) is 41.2 Å². The van der Waals surface area contributed by atoms with Crippen molar-refractivity contribution in [3.63, 3.8) is 0 Å². The zero-order chi connectivity index (χ0) is 9.26. The van der Waals surface area contributed by atoms with E-state index in [-0.39, 0.29) is 0 Å². The van der Waals surface area contributed by atoms with Gasteiger partial charge in [-0.1, -0.05) is 11.6 Å². The largest absolute Gasteiger partial charge is 0.322 e. The number of aromatic nitrogens is 1. The molecule has 0 saturated carbocycles. The lowest BCUT2D eigenvalue weighted by Crippen LogP contribution is -1.91. The summed E-state index contributed by atoms with van der Waals surface area (Å²) in [6.45, 7) is 0. The zero-order valence-electron chi connectivity index (χ0n) is 6.74. The standard InChI is InChI=1S/C10H7ClIN/c11-9-4-3-8(12)7-10(9)13-5-1-2-6-13/h1-7H. The van der Waals surface area contributed by atoms with Gasteiger partial charge in [-0.05, 0) is 52.9 Å². The van der Waals surface area contributed by atoms with Crippen LogP contribution in [0.25, 0.3) is 5.69 Å². The van der Waals surface area contributed by atoms with E-state index in [0.29, 0.717) is 0 Å². The average molecular weight is 304 g/mol. The molecule has 1 aromatic heterocycles. The van der Waals surface area contributed by atoms with Crippen molar-refractivity contribution in [2.45, 2.75) is 0 Å². The number of hydrogen-bond donors (Lipinski definition) is 0. The van der Waals surface area contributed by atoms with E-state index in [4.69, 9.17) is 11.6 Å². The second-order valence-electron chi connectivity index (χ2n) is 2.69. The molecule has 3 heteroatoms. The highest BCUT2D eigenvalue weighted by Crippen LogP contribution is 2.22. The van der Waals surface area contributed by atoms with Crippen LogP contribution in [0.2, 0.25) is 5.02 Å². The molecule has 0 aliphatic carbocycles. The smallest absolute Gasteiger partial charge is 0.0647 e. The van der Waals surface area contributed by atoms with Crippen LogP contribution in [0.3, 0.4) is 0 Å². The maximum atomic E-state index is 6.06. The average Bonchev–Trinajstić information content (AvgIpc) is 2.61. The lowest BCUT2D eigenvalue weighted by molar-refractivity contribution is 1.08. The van der Waals surface area contributed by atoms with E-state index in [2.05, 4.69) is 28.7 Å². The normalized spacial score (nSPS) is 10.3. The molecular formula is C10H7ClIN. The molecule has 0 spiro atoms. The minimum Gasteiger partial charge on any atom is -0.322 e. The summed E-state index contributed by atoms with van der Waals surface area (Å²) >= 11 is 8.34. The number of rotatable bonds is 1. The highest BCUT2D eigenvalue weighted by atomic mass is 127. The fraction of sp³-hybridized carbons (Fsp3) is 0. The topological polar surface area (TPSA) is 4.93 Å². The van der Waals surface area contributed by atoms with Crippen molar-refractivity contribution in [3.8, 4) is 5.69 Å². The van der Waals surface area contributed by atoms with Gasteiger partial charge >= 0.3 is 0 Å². The van der Waals surface area contributed by atoms with Gasteiger partial charge < -0.3 is 4.57 Å². The van der Waals surface area contributed by atoms with Crippen LogP contribution in [-0.4, -0.2) is 4.57 Å². The van der Waals surface area contributed by atoms with E-state index >= 15 is 0 Å². The Morgan fingerprint density at radius 1 is 1.15 bits per heavy atom. The summed E-state index contributed by atoms with van der Waals surface area (Å²) in [4.78, 5) is 0. The predicted molar refractivity (Wildman–Crippen MR) is 63.5 cm³/mol. The highest BCUT2D eigenvalue weighted by molar-refractivity contribution is 14.1. The Balaban J connectivity index is 2.57. The van der Waals surface area contributed by atoms with Gasteiger partial charge in [0.1, 0.15) is 0 Å². The lowest BCUT2D eigenvalue weighted by Gasteiger charge is -2.05. The molecule has 0 fully saturated rings. The maximum absolute atomic E-state index is 6.06. The van der Waals surface area contributed by atoms with Crippen LogP contribution in [-0.2, 0) is 0 Å². The second kappa shape index (κ2) is 3.72. The Morgan fingerprint density at radius 3 is 2.54 bits per heavy atom. The SMILES string of the molecule is Clc1ccc(I)cc1-n1cccc1. The third-order valence-electron chi connectivity index (χ3n) is 1.79. The molecule has 1 nitrogen and oxygen atoms in total. The number of hydrogen-bond acceptors (Lipinski definition) is 0. The first-order valence-electron chi connectivity index (χ1n) is 3.86. The zero-order valence-corrected chi connectivity index (χ0v) is 9.66. The summed E-state index contributed by atoms with van der Waals surface area (Å²) < 4.78 is 3.19. The van der Waals surface area contributed by atoms with Crippen molar-refractivity contribution in [1.29, 1.82) is 0 Å². The Kier molecular flexibility index (Phi) is 2.60. The van der Waals surface area contributed by atoms with Gasteiger partial charge in [0.05, 0.1) is 10.7 Å². The molecule has 0 amide bonds. The Hall–Kier alpha value is -0.480. The molecule has 1 aromatic carbocycles. The van der Waals surface area contributed by atoms with Crippen molar-refractivity contribution in [2.75, 3.05) is 0 Å². The first-order valence-corrected chi connectivity index (χ1v) is 5.31. The molecule has 0 saturated heterocycles. The van der Waals surface area contributed by atoms with Gasteiger partial charge in [-0.2, -0.15) is 0 Å². The van der Waals surface area contributed by atoms with E-state index in [1.54, 1.807) is 0 Å². The Morgan fingerprint density at radius 2 is 1.85 bits per heavy atom. The number of nitrogens with zero attached hydrogens (tertiary/aromatic N) is 1. The van der Waals surface area contributed by atoms with Crippen LogP contribution in [0, 0.1) is 3.57 Å². The fourth-order valence-corrected chi connectivity index (χ4v) is 1.87. The first-order chi connectivity index (χ1) is 6.27. The fourth-order valence-electron chi connectivity index (χ4n) is 1.18. The van der Waals surface area contributed by atoms with Gasteiger partial charge in [-0.15, -0.1) is 0 Å². The molecule has 0 bridgehead atoms. The highest BCUT2D eigenvalue weighted by Gasteiger charge is 2.01. The van der Waals surface area contributed by atoms with Gasteiger partial charge in [0.25, 0.3) is 0 Å². The molecule has 0 unspecified atom stereocenters. The summed E-state index contributed by atoms with van der Waals surface area (Å²) in [7, 11) is 0. The molecule has 66 valence electrons. The van der Waals surface area contributed by atoms with E-state index in [9.17, 15) is 0 Å². The molecule has 0 atom stereocenters. The van der Waals surface area contributed by atoms with Crippen LogP contribution in [0.15, 0.2) is 42.7 Å². The van der Waals surface area contributed by atoms with Gasteiger partial charge in [0.2, 0.25) is 0 Å². The van der Waals surface area contributed by atoms with Crippen molar-refractivity contribution in [1.82, 2.24) is 4.57 Å². The third kappa shape index (κ3) is 1.89. The molecule has 2 aromatic rings. The lowest BCUT2D eigenvalue weighted by atomic mass is 10.3. The number of halogens is 2. The Bertz CT molecular complexity index is 409. The van der Waals surface area contributed by atoms with Crippen molar-refractivity contribution < 1.29 is 0 Å². The molecule has 0 aliphatic rings. The van der Waals surface area contributed by atoms with Gasteiger partial charge in [0.15, 0.2) is 0 Å². The van der Waals surface area contributed by atoms with E-state index in [0.717, 1.165) is 10.7 Å². The van der Waals surface area contributed by atoms with Crippen LogP contribution in [0.1, 0.15) is 0 Å². The molecule has 1 heterocycles. The monoisotopic (exact) mass is 303 g/mol. The molecule has 2 rings (SSSR count). The van der Waals surface area contributed by atoms with Crippen LogP contribution < -0.4 is 0 Å². The predicted octanol–water partition coefficient (Wildman–Crippen LogP) is 3.74. The van der Waals surface area contributed by atoms with E-state index in [1.165, 1.54) is 3.57 Å². The Labute approximate surface area is 95.5 Å². The summed E-state index contributed by atoms with van der Waals surface area (Å²) in [5, 5.41) is 0.775. The summed E-state index contributed by atoms with van der Waals surface area (Å²) in [5.41, 5.74) is 1.03. The van der Waals surface area contributed by atoms with Gasteiger partial charge in [0, 0.05) is 16.0 Å². The minimum absolute atomic E-state index is 0.775. The van der Waals surface area contributed by atoms with Crippen molar-refractivity contribution in [3.05, 3.63) is 51.3 Å². The van der Waals surface area contributed by atoms with E-state index < -0.39 is 0 Å². The molecule has 0 N–H and O–H groups in total. The minimum atomic E-state index is 0.775. The van der Waals surface area contributed by atoms with Gasteiger partial charge in [-0.3, -0.25) is 0 Å². The maximum Gasteiger partial charge on any atom is 0.0647 e. The van der Waals surface area contributed by atoms with Gasteiger partial charge in [-0.25, -0.2) is 0 Å². The first kappa shape index (κ1) is 9.09. The third-order valence-corrected chi connectivity index (χ3v) is 2.78. The molecular weight excluding hydrogens is 296 g/mol. The summed E-state index contributed by atoms with van der Waals surface area (Å²) in [5.74, 6) is 0. The van der Waals surface area contributed by atoms with Crippen LogP contribution in [0.4, 0.5) is 0 Å². The van der Waals surface area contributed by atoms with Crippen LogP contribution >= 0.6 is 34.2 Å². The van der Waals surface area contributed by atoms with Crippen molar-refractivity contribution >= 4 is 34.2 Å². The summed E-state index contributed by atoms with van der Waals surface area (Å²) in [6.07, 6.45) is 3.97. The second-order valence-corrected chi connectivity index (χ2v) is 4.34. The number of benzene rings is 1.